The highest BCUT2D eigenvalue weighted by Gasteiger charge is 2.45. The van der Waals surface area contributed by atoms with E-state index >= 15 is 0 Å². The molecule has 0 saturated carbocycles. The van der Waals surface area contributed by atoms with Crippen LogP contribution in [0.1, 0.15) is 55.2 Å². The highest BCUT2D eigenvalue weighted by molar-refractivity contribution is 5.79. The summed E-state index contributed by atoms with van der Waals surface area (Å²) in [6.45, 7) is 2.94. The zero-order valence-corrected chi connectivity index (χ0v) is 15.1. The van der Waals surface area contributed by atoms with Crippen LogP contribution >= 0.6 is 0 Å². The molecule has 0 radical (unpaired) electrons. The normalized spacial score (nSPS) is 27.1. The number of halogens is 1. The molecule has 1 atom stereocenters. The van der Waals surface area contributed by atoms with Crippen molar-refractivity contribution in [3.05, 3.63) is 34.9 Å². The molecule has 0 aromatic heterocycles. The highest BCUT2D eigenvalue weighted by Crippen LogP contribution is 2.39. The minimum absolute atomic E-state index is 0.0736. The van der Waals surface area contributed by atoms with Crippen LogP contribution in [0.5, 0.6) is 0 Å². The van der Waals surface area contributed by atoms with Gasteiger partial charge in [0.15, 0.2) is 0 Å². The van der Waals surface area contributed by atoms with Crippen LogP contribution in [-0.4, -0.2) is 47.6 Å². The van der Waals surface area contributed by atoms with E-state index in [0.29, 0.717) is 6.42 Å². The Kier molecular flexibility index (Phi) is 4.81. The topological polar surface area (TPSA) is 23.6 Å². The fraction of sp³-hybridized carbons (Fsp3) is 0.667. The monoisotopic (exact) mass is 344 g/mol. The number of rotatable bonds is 4. The van der Waals surface area contributed by atoms with E-state index in [1.165, 1.54) is 30.4 Å². The third kappa shape index (κ3) is 3.33. The zero-order chi connectivity index (χ0) is 17.3. The first-order valence-electron chi connectivity index (χ1n) is 9.90. The minimum Gasteiger partial charge on any atom is -0.334 e. The van der Waals surface area contributed by atoms with E-state index in [1.807, 2.05) is 4.90 Å². The van der Waals surface area contributed by atoms with E-state index in [1.54, 1.807) is 5.56 Å². The molecule has 1 aromatic carbocycles. The first kappa shape index (κ1) is 17.0. The van der Waals surface area contributed by atoms with Crippen LogP contribution in [0, 0.1) is 0 Å². The lowest BCUT2D eigenvalue weighted by Crippen LogP contribution is -2.47. The summed E-state index contributed by atoms with van der Waals surface area (Å²) < 4.78 is 12.9. The molecule has 2 heterocycles. The molecule has 3 nitrogen and oxygen atoms in total. The second-order valence-electron chi connectivity index (χ2n) is 8.05. The summed E-state index contributed by atoms with van der Waals surface area (Å²) in [5, 5.41) is 0. The van der Waals surface area contributed by atoms with E-state index in [0.717, 1.165) is 45.3 Å². The summed E-state index contributed by atoms with van der Waals surface area (Å²) in [5.74, 6) is 0.157. The third-order valence-corrected chi connectivity index (χ3v) is 6.56. The average molecular weight is 344 g/mol. The lowest BCUT2D eigenvalue weighted by molar-refractivity contribution is -0.131. The van der Waals surface area contributed by atoms with Crippen molar-refractivity contribution < 1.29 is 9.18 Å². The average Bonchev–Trinajstić information content (AvgIpc) is 3.12. The number of aryl methyl sites for hydroxylation is 2. The number of benzene rings is 1. The number of likely N-dealkylation sites (tertiary alicyclic amines) is 2. The van der Waals surface area contributed by atoms with Gasteiger partial charge in [-0.2, -0.15) is 0 Å². The van der Waals surface area contributed by atoms with Gasteiger partial charge in [-0.3, -0.25) is 9.69 Å². The molecule has 1 spiro atoms. The van der Waals surface area contributed by atoms with Gasteiger partial charge < -0.3 is 4.90 Å². The second-order valence-corrected chi connectivity index (χ2v) is 8.05. The van der Waals surface area contributed by atoms with Crippen molar-refractivity contribution in [3.63, 3.8) is 0 Å². The van der Waals surface area contributed by atoms with Gasteiger partial charge in [0.2, 0.25) is 5.91 Å². The van der Waals surface area contributed by atoms with Gasteiger partial charge in [0.1, 0.15) is 6.67 Å². The highest BCUT2D eigenvalue weighted by atomic mass is 19.1. The molecule has 4 rings (SSSR count). The van der Waals surface area contributed by atoms with Gasteiger partial charge >= 0.3 is 0 Å². The largest absolute Gasteiger partial charge is 0.334 e. The lowest BCUT2D eigenvalue weighted by Gasteiger charge is -2.37. The van der Waals surface area contributed by atoms with Gasteiger partial charge in [-0.1, -0.05) is 18.2 Å². The van der Waals surface area contributed by atoms with Crippen molar-refractivity contribution in [1.82, 2.24) is 9.80 Å². The van der Waals surface area contributed by atoms with Crippen molar-refractivity contribution in [1.29, 1.82) is 0 Å². The van der Waals surface area contributed by atoms with Gasteiger partial charge in [-0.25, -0.2) is 4.39 Å². The van der Waals surface area contributed by atoms with Crippen LogP contribution in [0.2, 0.25) is 0 Å². The number of hydrogen-bond donors (Lipinski definition) is 0. The molecule has 2 aliphatic heterocycles. The smallest absolute Gasteiger partial charge is 0.223 e. The van der Waals surface area contributed by atoms with Crippen molar-refractivity contribution in [2.75, 3.05) is 26.3 Å². The van der Waals surface area contributed by atoms with E-state index in [-0.39, 0.29) is 18.0 Å². The molecule has 2 fully saturated rings. The number of carbonyl (C=O) groups is 1. The Morgan fingerprint density at radius 1 is 1.00 bits per heavy atom. The van der Waals surface area contributed by atoms with Crippen LogP contribution in [-0.2, 0) is 24.2 Å². The maximum atomic E-state index is 12.9. The van der Waals surface area contributed by atoms with Crippen LogP contribution in [0.15, 0.2) is 18.2 Å². The number of carbonyl (C=O) groups excluding carboxylic acids is 1. The standard InChI is InChI=1S/C21H29FN2O/c22-11-14-24-20(25)7-9-21(24)8-2-12-23(13-10-21)16-17-5-6-18-3-1-4-19(18)15-17/h5-6,15H,1-4,7-14,16H2/t21-/m1/s1. The molecule has 2 saturated heterocycles. The number of fused-ring (bicyclic) bond motifs is 1. The predicted molar refractivity (Wildman–Crippen MR) is 97.2 cm³/mol. The lowest BCUT2D eigenvalue weighted by atomic mass is 9.88. The zero-order valence-electron chi connectivity index (χ0n) is 15.1. The summed E-state index contributed by atoms with van der Waals surface area (Å²) in [6, 6.07) is 7.01. The molecule has 1 aromatic rings. The van der Waals surface area contributed by atoms with Gasteiger partial charge in [0.25, 0.3) is 0 Å². The molecular formula is C21H29FN2O. The molecule has 0 bridgehead atoms. The quantitative estimate of drug-likeness (QED) is 0.835. The molecular weight excluding hydrogens is 315 g/mol. The Labute approximate surface area is 150 Å². The van der Waals surface area contributed by atoms with Crippen molar-refractivity contribution in [2.24, 2.45) is 0 Å². The maximum Gasteiger partial charge on any atom is 0.223 e. The number of alkyl halides is 1. The Balaban J connectivity index is 1.42. The van der Waals surface area contributed by atoms with Crippen LogP contribution in [0.3, 0.4) is 0 Å². The van der Waals surface area contributed by atoms with Crippen molar-refractivity contribution in [2.45, 2.75) is 63.5 Å². The molecule has 0 unspecified atom stereocenters. The molecule has 25 heavy (non-hydrogen) atoms. The molecule has 3 aliphatic rings. The van der Waals surface area contributed by atoms with Crippen LogP contribution < -0.4 is 0 Å². The molecule has 0 N–H and O–H groups in total. The maximum absolute atomic E-state index is 12.9. The summed E-state index contributed by atoms with van der Waals surface area (Å²) in [5.41, 5.74) is 4.42. The molecule has 4 heteroatoms. The SMILES string of the molecule is O=C1CC[C@@]2(CCCN(Cc3ccc4c(c3)CCC4)CC2)N1CCF. The summed E-state index contributed by atoms with van der Waals surface area (Å²) >= 11 is 0. The van der Waals surface area contributed by atoms with E-state index in [4.69, 9.17) is 0 Å². The summed E-state index contributed by atoms with van der Waals surface area (Å²) in [4.78, 5) is 16.6. The van der Waals surface area contributed by atoms with Crippen LogP contribution in [0.4, 0.5) is 4.39 Å². The van der Waals surface area contributed by atoms with Gasteiger partial charge in [-0.15, -0.1) is 0 Å². The number of nitrogens with zero attached hydrogens (tertiary/aromatic N) is 2. The fourth-order valence-corrected chi connectivity index (χ4v) is 5.21. The van der Waals surface area contributed by atoms with E-state index < -0.39 is 6.67 Å². The molecule has 136 valence electrons. The first-order chi connectivity index (χ1) is 12.2. The predicted octanol–water partition coefficient (Wildman–Crippen LogP) is 3.49. The first-order valence-corrected chi connectivity index (χ1v) is 9.90. The Morgan fingerprint density at radius 2 is 1.88 bits per heavy atom. The number of hydrogen-bond acceptors (Lipinski definition) is 2. The summed E-state index contributed by atoms with van der Waals surface area (Å²) in [7, 11) is 0. The Morgan fingerprint density at radius 3 is 2.76 bits per heavy atom. The van der Waals surface area contributed by atoms with Gasteiger partial charge in [0, 0.05) is 31.6 Å². The van der Waals surface area contributed by atoms with Crippen molar-refractivity contribution in [3.8, 4) is 0 Å². The number of amides is 1. The van der Waals surface area contributed by atoms with Gasteiger partial charge in [0.05, 0.1) is 0 Å². The minimum atomic E-state index is -0.424. The fourth-order valence-electron chi connectivity index (χ4n) is 5.21. The van der Waals surface area contributed by atoms with Crippen LogP contribution in [0.25, 0.3) is 0 Å². The van der Waals surface area contributed by atoms with Gasteiger partial charge in [-0.05, 0) is 68.2 Å². The second kappa shape index (κ2) is 7.06. The molecule has 1 amide bonds. The molecule has 1 aliphatic carbocycles. The van der Waals surface area contributed by atoms with Crippen molar-refractivity contribution >= 4 is 5.91 Å². The van der Waals surface area contributed by atoms with E-state index in [2.05, 4.69) is 23.1 Å². The van der Waals surface area contributed by atoms with E-state index in [9.17, 15) is 9.18 Å². The third-order valence-electron chi connectivity index (χ3n) is 6.56. The Hall–Kier alpha value is -1.42. The Bertz CT molecular complexity index is 647. The summed E-state index contributed by atoms with van der Waals surface area (Å²) in [6.07, 6.45) is 8.39.